The molecule has 0 radical (unpaired) electrons. The van der Waals surface area contributed by atoms with Crippen molar-refractivity contribution in [1.29, 1.82) is 0 Å². The molecule has 0 aliphatic heterocycles. The third-order valence-electron chi connectivity index (χ3n) is 4.73. The Morgan fingerprint density at radius 1 is 1.20 bits per heavy atom. The van der Waals surface area contributed by atoms with Crippen molar-refractivity contribution in [3.8, 4) is 5.75 Å². The van der Waals surface area contributed by atoms with Gasteiger partial charge in [-0.2, -0.15) is 0 Å². The van der Waals surface area contributed by atoms with E-state index in [1.807, 2.05) is 0 Å². The summed E-state index contributed by atoms with van der Waals surface area (Å²) in [5.74, 6) is 1.86. The van der Waals surface area contributed by atoms with Gasteiger partial charge in [0.15, 0.2) is 0 Å². The average molecular weight is 275 g/mol. The maximum absolute atomic E-state index is 6.31. The van der Waals surface area contributed by atoms with E-state index in [0.29, 0.717) is 12.1 Å². The van der Waals surface area contributed by atoms with Crippen LogP contribution >= 0.6 is 0 Å². The summed E-state index contributed by atoms with van der Waals surface area (Å²) in [4.78, 5) is 0. The molecule has 1 saturated carbocycles. The first-order valence-electron chi connectivity index (χ1n) is 8.05. The number of nitrogens with one attached hydrogen (secondary N) is 1. The van der Waals surface area contributed by atoms with Gasteiger partial charge in [-0.1, -0.05) is 25.8 Å². The normalized spacial score (nSPS) is 26.5. The molecule has 0 aromatic heterocycles. The lowest BCUT2D eigenvalue weighted by molar-refractivity contribution is 0.0865. The van der Waals surface area contributed by atoms with Crippen LogP contribution in [-0.2, 0) is 0 Å². The van der Waals surface area contributed by atoms with Crippen LogP contribution in [0.4, 0.5) is 0 Å². The van der Waals surface area contributed by atoms with Crippen molar-refractivity contribution < 1.29 is 4.74 Å². The van der Waals surface area contributed by atoms with E-state index in [1.54, 1.807) is 0 Å². The van der Waals surface area contributed by atoms with Crippen molar-refractivity contribution in [2.45, 2.75) is 65.0 Å². The predicted molar refractivity (Wildman–Crippen MR) is 85.4 cm³/mol. The Morgan fingerprint density at radius 3 is 2.65 bits per heavy atom. The molecule has 3 unspecified atom stereocenters. The van der Waals surface area contributed by atoms with Crippen LogP contribution in [0, 0.1) is 19.8 Å². The highest BCUT2D eigenvalue weighted by Crippen LogP contribution is 2.31. The number of rotatable bonds is 5. The third kappa shape index (κ3) is 3.76. The van der Waals surface area contributed by atoms with Crippen molar-refractivity contribution in [3.63, 3.8) is 0 Å². The van der Waals surface area contributed by atoms with Crippen molar-refractivity contribution in [2.75, 3.05) is 7.05 Å². The molecule has 2 rings (SSSR count). The van der Waals surface area contributed by atoms with E-state index in [1.165, 1.54) is 43.2 Å². The minimum absolute atomic E-state index is 0.312. The molecule has 2 nitrogen and oxygen atoms in total. The lowest BCUT2D eigenvalue weighted by atomic mass is 9.81. The highest BCUT2D eigenvalue weighted by atomic mass is 16.5. The van der Waals surface area contributed by atoms with Crippen LogP contribution in [0.1, 0.15) is 50.2 Å². The molecule has 0 bridgehead atoms. The zero-order chi connectivity index (χ0) is 14.5. The van der Waals surface area contributed by atoms with Gasteiger partial charge in [-0.05, 0) is 69.3 Å². The smallest absolute Gasteiger partial charge is 0.120 e. The molecule has 0 amide bonds. The maximum Gasteiger partial charge on any atom is 0.120 e. The number of hydrogen-bond acceptors (Lipinski definition) is 2. The van der Waals surface area contributed by atoms with E-state index in [4.69, 9.17) is 4.74 Å². The molecule has 1 aromatic carbocycles. The monoisotopic (exact) mass is 275 g/mol. The topological polar surface area (TPSA) is 21.3 Å². The first-order chi connectivity index (χ1) is 9.63. The Hall–Kier alpha value is -1.02. The minimum Gasteiger partial charge on any atom is -0.489 e. The largest absolute Gasteiger partial charge is 0.489 e. The number of hydrogen-bond donors (Lipinski definition) is 1. The standard InChI is InChI=1S/C18H29NO/c1-5-6-15-8-10-17(19-4)18(12-15)20-16-9-7-13(2)14(3)11-16/h7,9,11,15,17-19H,5-6,8,10,12H2,1-4H3. The Balaban J connectivity index is 2.04. The Labute approximate surface area is 123 Å². The van der Waals surface area contributed by atoms with Crippen molar-refractivity contribution in [3.05, 3.63) is 29.3 Å². The zero-order valence-corrected chi connectivity index (χ0v) is 13.4. The Kier molecular flexibility index (Phi) is 5.47. The second-order valence-electron chi connectivity index (χ2n) is 6.27. The maximum atomic E-state index is 6.31. The van der Waals surface area contributed by atoms with Crippen molar-refractivity contribution >= 4 is 0 Å². The van der Waals surface area contributed by atoms with Gasteiger partial charge >= 0.3 is 0 Å². The summed E-state index contributed by atoms with van der Waals surface area (Å²) in [7, 11) is 2.06. The summed E-state index contributed by atoms with van der Waals surface area (Å²) in [6, 6.07) is 6.93. The number of aryl methyl sites for hydroxylation is 2. The first-order valence-corrected chi connectivity index (χ1v) is 8.05. The molecule has 2 heteroatoms. The highest BCUT2D eigenvalue weighted by Gasteiger charge is 2.30. The van der Waals surface area contributed by atoms with Gasteiger partial charge in [0, 0.05) is 6.04 Å². The molecule has 1 aromatic rings. The fraction of sp³-hybridized carbons (Fsp3) is 0.667. The van der Waals surface area contributed by atoms with Gasteiger partial charge in [0.25, 0.3) is 0 Å². The average Bonchev–Trinajstić information content (AvgIpc) is 2.44. The SMILES string of the molecule is CCCC1CCC(NC)C(Oc2ccc(C)c(C)c2)C1. The number of ether oxygens (including phenoxy) is 1. The third-order valence-corrected chi connectivity index (χ3v) is 4.73. The molecule has 0 spiro atoms. The zero-order valence-electron chi connectivity index (χ0n) is 13.4. The lowest BCUT2D eigenvalue weighted by Crippen LogP contribution is -2.45. The molecule has 112 valence electrons. The second kappa shape index (κ2) is 7.12. The molecule has 1 fully saturated rings. The van der Waals surface area contributed by atoms with Gasteiger partial charge < -0.3 is 10.1 Å². The summed E-state index contributed by atoms with van der Waals surface area (Å²) in [5, 5.41) is 3.44. The van der Waals surface area contributed by atoms with Crippen LogP contribution in [0.5, 0.6) is 5.75 Å². The molecule has 1 N–H and O–H groups in total. The van der Waals surface area contributed by atoms with Crippen LogP contribution in [0.15, 0.2) is 18.2 Å². The van der Waals surface area contributed by atoms with E-state index < -0.39 is 0 Å². The second-order valence-corrected chi connectivity index (χ2v) is 6.27. The fourth-order valence-corrected chi connectivity index (χ4v) is 3.30. The van der Waals surface area contributed by atoms with E-state index in [2.05, 4.69) is 51.3 Å². The molecule has 3 atom stereocenters. The van der Waals surface area contributed by atoms with Crippen molar-refractivity contribution in [2.24, 2.45) is 5.92 Å². The molecular weight excluding hydrogens is 246 g/mol. The van der Waals surface area contributed by atoms with Crippen LogP contribution < -0.4 is 10.1 Å². The molecule has 1 aliphatic carbocycles. The summed E-state index contributed by atoms with van der Waals surface area (Å²) in [6.07, 6.45) is 6.69. The Bertz CT molecular complexity index is 429. The predicted octanol–water partition coefficient (Wildman–Crippen LogP) is 4.24. The number of benzene rings is 1. The van der Waals surface area contributed by atoms with E-state index in [-0.39, 0.29) is 0 Å². The van der Waals surface area contributed by atoms with Crippen LogP contribution in [0.2, 0.25) is 0 Å². The van der Waals surface area contributed by atoms with Gasteiger partial charge in [-0.25, -0.2) is 0 Å². The summed E-state index contributed by atoms with van der Waals surface area (Å²) in [6.45, 7) is 6.58. The van der Waals surface area contributed by atoms with Gasteiger partial charge in [0.1, 0.15) is 11.9 Å². The van der Waals surface area contributed by atoms with E-state index in [9.17, 15) is 0 Å². The van der Waals surface area contributed by atoms with Gasteiger partial charge in [0.05, 0.1) is 0 Å². The van der Waals surface area contributed by atoms with Gasteiger partial charge in [-0.3, -0.25) is 0 Å². The van der Waals surface area contributed by atoms with Crippen LogP contribution in [0.25, 0.3) is 0 Å². The molecule has 20 heavy (non-hydrogen) atoms. The van der Waals surface area contributed by atoms with Crippen LogP contribution in [0.3, 0.4) is 0 Å². The van der Waals surface area contributed by atoms with Gasteiger partial charge in [-0.15, -0.1) is 0 Å². The van der Waals surface area contributed by atoms with Gasteiger partial charge in [0.2, 0.25) is 0 Å². The highest BCUT2D eigenvalue weighted by molar-refractivity contribution is 5.34. The molecule has 0 heterocycles. The molecule has 1 aliphatic rings. The first kappa shape index (κ1) is 15.4. The van der Waals surface area contributed by atoms with E-state index in [0.717, 1.165) is 11.7 Å². The number of likely N-dealkylation sites (N-methyl/N-ethyl adjacent to an activating group) is 1. The summed E-state index contributed by atoms with van der Waals surface area (Å²) < 4.78 is 6.31. The Morgan fingerprint density at radius 2 is 2.00 bits per heavy atom. The molecular formula is C18H29NO. The lowest BCUT2D eigenvalue weighted by Gasteiger charge is -2.36. The summed E-state index contributed by atoms with van der Waals surface area (Å²) >= 11 is 0. The van der Waals surface area contributed by atoms with Crippen LogP contribution in [-0.4, -0.2) is 19.2 Å². The summed E-state index contributed by atoms with van der Waals surface area (Å²) in [5.41, 5.74) is 2.64. The fourth-order valence-electron chi connectivity index (χ4n) is 3.30. The minimum atomic E-state index is 0.312. The van der Waals surface area contributed by atoms with Crippen molar-refractivity contribution in [1.82, 2.24) is 5.32 Å². The van der Waals surface area contributed by atoms with E-state index >= 15 is 0 Å². The molecule has 0 saturated heterocycles. The quantitative estimate of drug-likeness (QED) is 0.868.